The van der Waals surface area contributed by atoms with Crippen LogP contribution in [0.3, 0.4) is 0 Å². The molecule has 0 aliphatic heterocycles. The van der Waals surface area contributed by atoms with E-state index in [1.54, 1.807) is 0 Å². The summed E-state index contributed by atoms with van der Waals surface area (Å²) < 4.78 is 2.36. The highest BCUT2D eigenvalue weighted by Gasteiger charge is 2.14. The molecule has 1 aromatic heterocycles. The maximum absolute atomic E-state index is 4.50. The molecule has 0 radical (unpaired) electrons. The van der Waals surface area contributed by atoms with Crippen LogP contribution in [0, 0.1) is 6.92 Å². The number of rotatable bonds is 8. The van der Waals surface area contributed by atoms with Gasteiger partial charge in [0.2, 0.25) is 0 Å². The smallest absolute Gasteiger partial charge is 0.0541 e. The number of nitrogens with one attached hydrogen (secondary N) is 1. The van der Waals surface area contributed by atoms with E-state index in [4.69, 9.17) is 0 Å². The Kier molecular flexibility index (Phi) is 7.08. The Balaban J connectivity index is 1.45. The third-order valence-electron chi connectivity index (χ3n) is 7.60. The molecular weight excluding hydrogens is 484 g/mol. The Hall–Kier alpha value is -4.82. The van der Waals surface area contributed by atoms with Crippen molar-refractivity contribution in [3.63, 3.8) is 0 Å². The summed E-state index contributed by atoms with van der Waals surface area (Å²) in [4.78, 5) is 0. The monoisotopic (exact) mass is 518 g/mol. The SMILES string of the molecule is C=C(CC/C=C\C)c1cc(-c2ccc3c(c2)c2ccccc2n3-c2ccccc2)ccc1Nc1ccc(C)cc1. The Labute approximate surface area is 236 Å². The van der Waals surface area contributed by atoms with Crippen LogP contribution in [0.4, 0.5) is 11.4 Å². The Morgan fingerprint density at radius 2 is 1.45 bits per heavy atom. The lowest BCUT2D eigenvalue weighted by atomic mass is 9.95. The lowest BCUT2D eigenvalue weighted by Gasteiger charge is -2.16. The molecule has 0 aliphatic rings. The zero-order valence-corrected chi connectivity index (χ0v) is 23.2. The van der Waals surface area contributed by atoms with E-state index in [0.29, 0.717) is 0 Å². The van der Waals surface area contributed by atoms with Crippen molar-refractivity contribution in [3.8, 4) is 16.8 Å². The molecule has 0 unspecified atom stereocenters. The molecule has 2 heteroatoms. The summed E-state index contributed by atoms with van der Waals surface area (Å²) in [7, 11) is 0. The highest BCUT2D eigenvalue weighted by molar-refractivity contribution is 6.10. The van der Waals surface area contributed by atoms with Crippen molar-refractivity contribution in [2.24, 2.45) is 0 Å². The Morgan fingerprint density at radius 1 is 0.750 bits per heavy atom. The third kappa shape index (κ3) is 4.97. The fourth-order valence-electron chi connectivity index (χ4n) is 5.48. The van der Waals surface area contributed by atoms with Gasteiger partial charge in [-0.1, -0.05) is 85.0 Å². The van der Waals surface area contributed by atoms with Crippen molar-refractivity contribution >= 4 is 38.8 Å². The van der Waals surface area contributed by atoms with Gasteiger partial charge >= 0.3 is 0 Å². The van der Waals surface area contributed by atoms with Crippen LogP contribution >= 0.6 is 0 Å². The number of anilines is 2. The molecule has 0 fully saturated rings. The highest BCUT2D eigenvalue weighted by atomic mass is 15.0. The summed E-state index contributed by atoms with van der Waals surface area (Å²) in [6.07, 6.45) is 6.21. The van der Waals surface area contributed by atoms with E-state index in [9.17, 15) is 0 Å². The third-order valence-corrected chi connectivity index (χ3v) is 7.60. The second kappa shape index (κ2) is 11.1. The van der Waals surface area contributed by atoms with Gasteiger partial charge in [0.15, 0.2) is 0 Å². The van der Waals surface area contributed by atoms with E-state index in [1.165, 1.54) is 44.2 Å². The van der Waals surface area contributed by atoms with Gasteiger partial charge < -0.3 is 9.88 Å². The predicted molar refractivity (Wildman–Crippen MR) is 174 cm³/mol. The first kappa shape index (κ1) is 25.5. The number of hydrogen-bond acceptors (Lipinski definition) is 1. The van der Waals surface area contributed by atoms with Crippen LogP contribution in [0.2, 0.25) is 0 Å². The van der Waals surface area contributed by atoms with Crippen molar-refractivity contribution in [1.29, 1.82) is 0 Å². The largest absolute Gasteiger partial charge is 0.355 e. The topological polar surface area (TPSA) is 17.0 Å². The van der Waals surface area contributed by atoms with Crippen LogP contribution in [-0.4, -0.2) is 4.57 Å². The zero-order chi connectivity index (χ0) is 27.5. The lowest BCUT2D eigenvalue weighted by molar-refractivity contribution is 1.07. The van der Waals surface area contributed by atoms with Crippen molar-refractivity contribution in [1.82, 2.24) is 4.57 Å². The molecule has 0 amide bonds. The van der Waals surface area contributed by atoms with Gasteiger partial charge in [-0.3, -0.25) is 0 Å². The molecule has 0 saturated carbocycles. The van der Waals surface area contributed by atoms with Crippen molar-refractivity contribution in [2.75, 3.05) is 5.32 Å². The molecule has 40 heavy (non-hydrogen) atoms. The fraction of sp³-hybridized carbons (Fsp3) is 0.105. The first-order valence-electron chi connectivity index (χ1n) is 14.0. The standard InChI is InChI=1S/C38H34N2/c1-4-5-7-12-28(3)34-25-29(19-23-36(34)39-31-21-17-27(2)18-22-31)30-20-24-38-35(26-30)33-15-10-11-16-37(33)40(38)32-13-8-6-9-14-32/h4-6,8-11,13-26,39H,3,7,12H2,1-2H3/b5-4-. The van der Waals surface area contributed by atoms with E-state index in [1.807, 2.05) is 0 Å². The summed E-state index contributed by atoms with van der Waals surface area (Å²) in [6.45, 7) is 8.68. The minimum absolute atomic E-state index is 0.917. The van der Waals surface area contributed by atoms with E-state index < -0.39 is 0 Å². The fourth-order valence-corrected chi connectivity index (χ4v) is 5.48. The molecule has 0 saturated heterocycles. The van der Waals surface area contributed by atoms with Gasteiger partial charge in [-0.05, 0) is 98.0 Å². The average molecular weight is 519 g/mol. The van der Waals surface area contributed by atoms with Gasteiger partial charge in [-0.25, -0.2) is 0 Å². The minimum atomic E-state index is 0.917. The number of nitrogens with zero attached hydrogens (tertiary/aromatic N) is 1. The number of hydrogen-bond donors (Lipinski definition) is 1. The van der Waals surface area contributed by atoms with Gasteiger partial charge in [-0.15, -0.1) is 0 Å². The maximum atomic E-state index is 4.50. The number of aromatic nitrogens is 1. The second-order valence-corrected chi connectivity index (χ2v) is 10.4. The first-order chi connectivity index (χ1) is 19.6. The van der Waals surface area contributed by atoms with E-state index in [2.05, 4.69) is 158 Å². The summed E-state index contributed by atoms with van der Waals surface area (Å²) in [6, 6.07) is 41.4. The number of aryl methyl sites for hydroxylation is 1. The highest BCUT2D eigenvalue weighted by Crippen LogP contribution is 2.37. The molecule has 1 heterocycles. The maximum Gasteiger partial charge on any atom is 0.0541 e. The van der Waals surface area contributed by atoms with Gasteiger partial charge in [0, 0.05) is 33.4 Å². The average Bonchev–Trinajstić information content (AvgIpc) is 3.33. The minimum Gasteiger partial charge on any atom is -0.355 e. The molecule has 2 nitrogen and oxygen atoms in total. The van der Waals surface area contributed by atoms with E-state index in [0.717, 1.165) is 35.4 Å². The van der Waals surface area contributed by atoms with Gasteiger partial charge in [0.05, 0.1) is 11.0 Å². The number of para-hydroxylation sites is 2. The van der Waals surface area contributed by atoms with Gasteiger partial charge in [0.25, 0.3) is 0 Å². The van der Waals surface area contributed by atoms with Gasteiger partial charge in [0.1, 0.15) is 0 Å². The van der Waals surface area contributed by atoms with Crippen LogP contribution in [0.25, 0.3) is 44.2 Å². The quantitative estimate of drug-likeness (QED) is 0.198. The van der Waals surface area contributed by atoms with Crippen LogP contribution in [0.5, 0.6) is 0 Å². The van der Waals surface area contributed by atoms with Crippen molar-refractivity contribution < 1.29 is 0 Å². The molecule has 0 spiro atoms. The molecule has 5 aromatic carbocycles. The normalized spacial score (nSPS) is 11.4. The summed E-state index contributed by atoms with van der Waals surface area (Å²) in [5.41, 5.74) is 11.7. The molecule has 0 atom stereocenters. The molecule has 0 aliphatic carbocycles. The van der Waals surface area contributed by atoms with Crippen LogP contribution in [0.15, 0.2) is 134 Å². The molecular formula is C38H34N2. The van der Waals surface area contributed by atoms with Crippen molar-refractivity contribution in [3.05, 3.63) is 145 Å². The second-order valence-electron chi connectivity index (χ2n) is 10.4. The zero-order valence-electron chi connectivity index (χ0n) is 23.2. The number of benzene rings is 5. The lowest BCUT2D eigenvalue weighted by Crippen LogP contribution is -1.97. The van der Waals surface area contributed by atoms with E-state index in [-0.39, 0.29) is 0 Å². The molecule has 196 valence electrons. The Bertz CT molecular complexity index is 1840. The van der Waals surface area contributed by atoms with Crippen LogP contribution in [0.1, 0.15) is 30.9 Å². The summed E-state index contributed by atoms with van der Waals surface area (Å²) in [5, 5.41) is 6.16. The first-order valence-corrected chi connectivity index (χ1v) is 14.0. The van der Waals surface area contributed by atoms with Gasteiger partial charge in [-0.2, -0.15) is 0 Å². The Morgan fingerprint density at radius 3 is 2.25 bits per heavy atom. The summed E-state index contributed by atoms with van der Waals surface area (Å²) >= 11 is 0. The number of allylic oxidation sites excluding steroid dienone is 3. The molecule has 6 aromatic rings. The van der Waals surface area contributed by atoms with Crippen LogP contribution < -0.4 is 5.32 Å². The predicted octanol–water partition coefficient (Wildman–Crippen LogP) is 10.9. The molecule has 1 N–H and O–H groups in total. The van der Waals surface area contributed by atoms with Crippen LogP contribution in [-0.2, 0) is 0 Å². The number of fused-ring (bicyclic) bond motifs is 3. The molecule has 0 bridgehead atoms. The molecule has 6 rings (SSSR count). The van der Waals surface area contributed by atoms with Crippen molar-refractivity contribution in [2.45, 2.75) is 26.7 Å². The van der Waals surface area contributed by atoms with E-state index >= 15 is 0 Å². The summed E-state index contributed by atoms with van der Waals surface area (Å²) in [5.74, 6) is 0.